The summed E-state index contributed by atoms with van der Waals surface area (Å²) >= 11 is 4.46. The number of rotatable bonds is 7. The number of aryl methyl sites for hydroxylation is 2. The van der Waals surface area contributed by atoms with Crippen molar-refractivity contribution in [1.82, 2.24) is 4.98 Å². The molecular weight excluding hydrogens is 448 g/mol. The third-order valence-corrected chi connectivity index (χ3v) is 8.29. The van der Waals surface area contributed by atoms with Crippen LogP contribution in [0.3, 0.4) is 0 Å². The number of amides is 1. The van der Waals surface area contributed by atoms with Gasteiger partial charge in [-0.05, 0) is 45.1 Å². The molecule has 2 heterocycles. The molecule has 0 radical (unpaired) electrons. The number of fused-ring (bicyclic) bond motifs is 1. The molecule has 0 bridgehead atoms. The number of ether oxygens (including phenoxy) is 1. The molecule has 0 spiro atoms. The van der Waals surface area contributed by atoms with Gasteiger partial charge in [-0.1, -0.05) is 41.6 Å². The van der Waals surface area contributed by atoms with Gasteiger partial charge in [-0.2, -0.15) is 0 Å². The van der Waals surface area contributed by atoms with Crippen molar-refractivity contribution in [2.75, 3.05) is 17.7 Å². The summed E-state index contributed by atoms with van der Waals surface area (Å²) < 4.78 is 6.11. The van der Waals surface area contributed by atoms with E-state index in [0.717, 1.165) is 46.8 Å². The molecule has 0 fully saturated rings. The van der Waals surface area contributed by atoms with Gasteiger partial charge in [-0.3, -0.25) is 4.79 Å². The second kappa shape index (κ2) is 9.97. The first-order chi connectivity index (χ1) is 15.0. The number of thiophene rings is 1. The number of carbonyl (C=O) groups excluding carboxylic acids is 2. The van der Waals surface area contributed by atoms with Gasteiger partial charge in [-0.25, -0.2) is 9.78 Å². The number of nitrogens with zero attached hydrogens (tertiary/aromatic N) is 1. The zero-order valence-corrected chi connectivity index (χ0v) is 20.0. The molecule has 1 aliphatic rings. The second-order valence-electron chi connectivity index (χ2n) is 7.34. The molecule has 0 saturated carbocycles. The Kier molecular flexibility index (Phi) is 7.09. The van der Waals surface area contributed by atoms with Gasteiger partial charge in [0.05, 0.1) is 23.6 Å². The average molecular weight is 473 g/mol. The second-order valence-corrected chi connectivity index (χ2v) is 10.5. The summed E-state index contributed by atoms with van der Waals surface area (Å²) in [6.45, 7) is 4.17. The maximum Gasteiger partial charge on any atom is 0.341 e. The predicted octanol–water partition coefficient (Wildman–Crippen LogP) is 5.97. The van der Waals surface area contributed by atoms with Crippen LogP contribution < -0.4 is 5.32 Å². The minimum Gasteiger partial charge on any atom is -0.462 e. The highest BCUT2D eigenvalue weighted by molar-refractivity contribution is 8.01. The van der Waals surface area contributed by atoms with Crippen LogP contribution in [0.25, 0.3) is 11.3 Å². The highest BCUT2D eigenvalue weighted by atomic mass is 32.2. The lowest BCUT2D eigenvalue weighted by molar-refractivity contribution is -0.113. The maximum absolute atomic E-state index is 12.6. The Labute approximate surface area is 194 Å². The molecule has 0 unspecified atom stereocenters. The number of aromatic nitrogens is 1. The molecule has 3 aromatic rings. The van der Waals surface area contributed by atoms with Gasteiger partial charge in [0.1, 0.15) is 5.00 Å². The topological polar surface area (TPSA) is 68.3 Å². The van der Waals surface area contributed by atoms with Crippen LogP contribution >= 0.6 is 34.4 Å². The van der Waals surface area contributed by atoms with Crippen molar-refractivity contribution in [3.8, 4) is 11.3 Å². The third-order valence-electron chi connectivity index (χ3n) is 5.06. The van der Waals surface area contributed by atoms with Crippen LogP contribution in [0.15, 0.2) is 34.0 Å². The summed E-state index contributed by atoms with van der Waals surface area (Å²) in [6, 6.07) is 8.25. The van der Waals surface area contributed by atoms with Crippen LogP contribution in [0.5, 0.6) is 0 Å². The maximum atomic E-state index is 12.6. The predicted molar refractivity (Wildman–Crippen MR) is 129 cm³/mol. The largest absolute Gasteiger partial charge is 0.462 e. The molecule has 1 N–H and O–H groups in total. The van der Waals surface area contributed by atoms with E-state index < -0.39 is 0 Å². The molecule has 1 aliphatic carbocycles. The van der Waals surface area contributed by atoms with Gasteiger partial charge in [0.25, 0.3) is 0 Å². The van der Waals surface area contributed by atoms with Crippen LogP contribution in [0.1, 0.15) is 46.1 Å². The van der Waals surface area contributed by atoms with E-state index in [1.807, 2.05) is 5.38 Å². The van der Waals surface area contributed by atoms with Gasteiger partial charge in [-0.15, -0.1) is 22.7 Å². The molecule has 162 valence electrons. The zero-order valence-electron chi connectivity index (χ0n) is 17.5. The fourth-order valence-electron chi connectivity index (χ4n) is 3.54. The monoisotopic (exact) mass is 472 g/mol. The Morgan fingerprint density at radius 1 is 1.19 bits per heavy atom. The lowest BCUT2D eigenvalue weighted by atomic mass is 9.95. The summed E-state index contributed by atoms with van der Waals surface area (Å²) in [4.78, 5) is 31.0. The van der Waals surface area contributed by atoms with Crippen molar-refractivity contribution in [1.29, 1.82) is 0 Å². The Bertz CT molecular complexity index is 1090. The Balaban J connectivity index is 1.42. The summed E-state index contributed by atoms with van der Waals surface area (Å²) in [5.41, 5.74) is 4.81. The van der Waals surface area contributed by atoms with Crippen LogP contribution in [0, 0.1) is 6.92 Å². The highest BCUT2D eigenvalue weighted by Crippen LogP contribution is 2.39. The number of hydrogen-bond acceptors (Lipinski definition) is 7. The van der Waals surface area contributed by atoms with Crippen molar-refractivity contribution < 1.29 is 14.3 Å². The highest BCUT2D eigenvalue weighted by Gasteiger charge is 2.27. The van der Waals surface area contributed by atoms with Crippen molar-refractivity contribution in [2.24, 2.45) is 0 Å². The number of benzene rings is 1. The molecule has 1 aromatic carbocycles. The number of thioether (sulfide) groups is 1. The minimum atomic E-state index is -0.340. The zero-order chi connectivity index (χ0) is 21.8. The molecule has 0 atom stereocenters. The minimum absolute atomic E-state index is 0.138. The molecule has 31 heavy (non-hydrogen) atoms. The molecule has 0 saturated heterocycles. The smallest absolute Gasteiger partial charge is 0.341 e. The molecule has 4 rings (SSSR count). The van der Waals surface area contributed by atoms with E-state index in [9.17, 15) is 9.59 Å². The van der Waals surface area contributed by atoms with Crippen LogP contribution in [-0.2, 0) is 22.4 Å². The first kappa shape index (κ1) is 22.0. The Morgan fingerprint density at radius 3 is 2.74 bits per heavy atom. The van der Waals surface area contributed by atoms with Crippen molar-refractivity contribution in [3.05, 3.63) is 51.2 Å². The number of nitrogens with one attached hydrogen (secondary N) is 1. The van der Waals surface area contributed by atoms with Crippen LogP contribution in [-0.4, -0.2) is 29.2 Å². The van der Waals surface area contributed by atoms with E-state index in [0.29, 0.717) is 17.2 Å². The molecule has 1 amide bonds. The lowest BCUT2D eigenvalue weighted by Gasteiger charge is -2.12. The first-order valence-electron chi connectivity index (χ1n) is 10.3. The fraction of sp³-hybridized carbons (Fsp3) is 0.348. The fourth-order valence-corrected chi connectivity index (χ4v) is 6.47. The summed E-state index contributed by atoms with van der Waals surface area (Å²) in [5.74, 6) is -0.236. The Morgan fingerprint density at radius 2 is 1.97 bits per heavy atom. The standard InChI is InChI=1S/C23H24N2O3S3/c1-3-28-22(27)20-16-6-4-5-7-18(16)31-21(20)25-19(26)13-30-23-24-17(12-29-23)15-10-8-14(2)9-11-15/h8-12H,3-7,13H2,1-2H3,(H,25,26). The number of carbonyl (C=O) groups is 2. The van der Waals surface area contributed by atoms with Gasteiger partial charge in [0.2, 0.25) is 5.91 Å². The van der Waals surface area contributed by atoms with Crippen LogP contribution in [0.4, 0.5) is 5.00 Å². The van der Waals surface area contributed by atoms with E-state index in [-0.39, 0.29) is 17.6 Å². The van der Waals surface area contributed by atoms with Crippen molar-refractivity contribution >= 4 is 51.3 Å². The van der Waals surface area contributed by atoms with Gasteiger partial charge in [0.15, 0.2) is 4.34 Å². The van der Waals surface area contributed by atoms with Gasteiger partial charge < -0.3 is 10.1 Å². The van der Waals surface area contributed by atoms with Gasteiger partial charge in [0, 0.05) is 15.8 Å². The molecular formula is C23H24N2O3S3. The van der Waals surface area contributed by atoms with E-state index in [4.69, 9.17) is 4.74 Å². The average Bonchev–Trinajstić information content (AvgIpc) is 3.37. The SMILES string of the molecule is CCOC(=O)c1c(NC(=O)CSc2nc(-c3ccc(C)cc3)cs2)sc2c1CCCC2. The summed E-state index contributed by atoms with van der Waals surface area (Å²) in [7, 11) is 0. The number of thiazole rings is 1. The normalized spacial score (nSPS) is 13.0. The van der Waals surface area contributed by atoms with E-state index in [1.165, 1.54) is 44.9 Å². The molecule has 0 aliphatic heterocycles. The van der Waals surface area contributed by atoms with E-state index in [2.05, 4.69) is 41.5 Å². The molecule has 2 aromatic heterocycles. The van der Waals surface area contributed by atoms with Gasteiger partial charge >= 0.3 is 5.97 Å². The van der Waals surface area contributed by atoms with E-state index >= 15 is 0 Å². The Hall–Kier alpha value is -2.16. The summed E-state index contributed by atoms with van der Waals surface area (Å²) in [5, 5.41) is 5.59. The molecule has 5 nitrogen and oxygen atoms in total. The van der Waals surface area contributed by atoms with Crippen molar-refractivity contribution in [2.45, 2.75) is 43.9 Å². The van der Waals surface area contributed by atoms with Crippen molar-refractivity contribution in [3.63, 3.8) is 0 Å². The van der Waals surface area contributed by atoms with Crippen LogP contribution in [0.2, 0.25) is 0 Å². The lowest BCUT2D eigenvalue weighted by Crippen LogP contribution is -2.17. The van der Waals surface area contributed by atoms with E-state index in [1.54, 1.807) is 6.92 Å². The first-order valence-corrected chi connectivity index (χ1v) is 13.0. The third kappa shape index (κ3) is 5.19. The number of esters is 1. The number of hydrogen-bond donors (Lipinski definition) is 1. The number of anilines is 1. The quantitative estimate of drug-likeness (QED) is 0.339. The molecule has 8 heteroatoms. The summed E-state index contributed by atoms with van der Waals surface area (Å²) in [6.07, 6.45) is 4.00.